The van der Waals surface area contributed by atoms with Gasteiger partial charge >= 0.3 is 5.95 Å². The van der Waals surface area contributed by atoms with Gasteiger partial charge in [-0.15, -0.1) is 0 Å². The Morgan fingerprint density at radius 1 is 1.37 bits per heavy atom. The van der Waals surface area contributed by atoms with E-state index in [0.29, 0.717) is 12.2 Å². The first-order chi connectivity index (χ1) is 9.15. The highest BCUT2D eigenvalue weighted by Crippen LogP contribution is 2.28. The zero-order valence-electron chi connectivity index (χ0n) is 10.7. The molecule has 0 atom stereocenters. The SMILES string of the molecule is CCOc1oc(-c2ccc(OC)cc2)nc1C(N)=O. The summed E-state index contributed by atoms with van der Waals surface area (Å²) in [5, 5.41) is 0. The van der Waals surface area contributed by atoms with E-state index < -0.39 is 5.91 Å². The Hall–Kier alpha value is -2.50. The summed E-state index contributed by atoms with van der Waals surface area (Å²) >= 11 is 0. The molecule has 0 aliphatic heterocycles. The predicted octanol–water partition coefficient (Wildman–Crippen LogP) is 1.85. The van der Waals surface area contributed by atoms with E-state index in [1.165, 1.54) is 0 Å². The summed E-state index contributed by atoms with van der Waals surface area (Å²) < 4.78 is 15.7. The van der Waals surface area contributed by atoms with E-state index >= 15 is 0 Å². The van der Waals surface area contributed by atoms with Crippen LogP contribution in [0.25, 0.3) is 11.5 Å². The number of primary amides is 1. The summed E-state index contributed by atoms with van der Waals surface area (Å²) in [6.45, 7) is 2.14. The van der Waals surface area contributed by atoms with Crippen molar-refractivity contribution in [3.05, 3.63) is 30.0 Å². The number of carbonyl (C=O) groups excluding carboxylic acids is 1. The van der Waals surface area contributed by atoms with Crippen molar-refractivity contribution in [2.24, 2.45) is 5.73 Å². The smallest absolute Gasteiger partial charge is 0.319 e. The summed E-state index contributed by atoms with van der Waals surface area (Å²) in [6, 6.07) is 7.07. The number of aromatic nitrogens is 1. The van der Waals surface area contributed by atoms with Gasteiger partial charge in [0.1, 0.15) is 5.75 Å². The standard InChI is InChI=1S/C13H14N2O4/c1-3-18-13-10(11(14)16)15-12(19-13)8-4-6-9(17-2)7-5-8/h4-7H,3H2,1-2H3,(H2,14,16). The number of hydrogen-bond donors (Lipinski definition) is 1. The minimum absolute atomic E-state index is 0.00679. The maximum absolute atomic E-state index is 11.2. The van der Waals surface area contributed by atoms with Gasteiger partial charge < -0.3 is 19.6 Å². The van der Waals surface area contributed by atoms with Gasteiger partial charge in [0, 0.05) is 5.56 Å². The molecular formula is C13H14N2O4. The summed E-state index contributed by atoms with van der Waals surface area (Å²) in [5.41, 5.74) is 5.92. The van der Waals surface area contributed by atoms with E-state index in [1.807, 2.05) is 0 Å². The minimum Gasteiger partial charge on any atom is -0.497 e. The van der Waals surface area contributed by atoms with Crippen molar-refractivity contribution in [3.63, 3.8) is 0 Å². The van der Waals surface area contributed by atoms with Crippen molar-refractivity contribution < 1.29 is 18.7 Å². The molecule has 0 spiro atoms. The Labute approximate surface area is 110 Å². The number of carbonyl (C=O) groups is 1. The first-order valence-corrected chi connectivity index (χ1v) is 5.73. The third kappa shape index (κ3) is 2.67. The molecule has 0 aliphatic rings. The van der Waals surface area contributed by atoms with Gasteiger partial charge in [-0.25, -0.2) is 0 Å². The second-order valence-electron chi connectivity index (χ2n) is 3.68. The molecular weight excluding hydrogens is 248 g/mol. The third-order valence-electron chi connectivity index (χ3n) is 2.44. The molecule has 2 rings (SSSR count). The highest BCUT2D eigenvalue weighted by atomic mass is 16.6. The molecule has 0 radical (unpaired) electrons. The Balaban J connectivity index is 2.38. The Morgan fingerprint density at radius 2 is 2.05 bits per heavy atom. The van der Waals surface area contributed by atoms with Crippen LogP contribution in [0.2, 0.25) is 0 Å². The van der Waals surface area contributed by atoms with Gasteiger partial charge in [0.2, 0.25) is 11.6 Å². The zero-order chi connectivity index (χ0) is 13.8. The van der Waals surface area contributed by atoms with Crippen LogP contribution in [0.4, 0.5) is 0 Å². The van der Waals surface area contributed by atoms with Crippen LogP contribution in [-0.2, 0) is 0 Å². The van der Waals surface area contributed by atoms with Crippen LogP contribution in [0.1, 0.15) is 17.4 Å². The topological polar surface area (TPSA) is 87.6 Å². The molecule has 0 fully saturated rings. The van der Waals surface area contributed by atoms with Gasteiger partial charge in [0.05, 0.1) is 13.7 Å². The monoisotopic (exact) mass is 262 g/mol. The maximum Gasteiger partial charge on any atom is 0.319 e. The van der Waals surface area contributed by atoms with Crippen LogP contribution in [-0.4, -0.2) is 24.6 Å². The van der Waals surface area contributed by atoms with Gasteiger partial charge in [0.25, 0.3) is 5.91 Å². The van der Waals surface area contributed by atoms with Crippen molar-refractivity contribution >= 4 is 5.91 Å². The van der Waals surface area contributed by atoms with E-state index in [1.54, 1.807) is 38.3 Å². The lowest BCUT2D eigenvalue weighted by atomic mass is 10.2. The first-order valence-electron chi connectivity index (χ1n) is 5.73. The van der Waals surface area contributed by atoms with E-state index in [0.717, 1.165) is 5.75 Å². The van der Waals surface area contributed by atoms with Gasteiger partial charge in [-0.3, -0.25) is 4.79 Å². The lowest BCUT2D eigenvalue weighted by Crippen LogP contribution is -2.13. The van der Waals surface area contributed by atoms with Gasteiger partial charge in [-0.05, 0) is 31.2 Å². The number of methoxy groups -OCH3 is 1. The molecule has 6 nitrogen and oxygen atoms in total. The largest absolute Gasteiger partial charge is 0.497 e. The molecule has 1 heterocycles. The van der Waals surface area contributed by atoms with Crippen LogP contribution >= 0.6 is 0 Å². The van der Waals surface area contributed by atoms with Crippen LogP contribution in [0.5, 0.6) is 11.7 Å². The minimum atomic E-state index is -0.688. The second kappa shape index (κ2) is 5.43. The van der Waals surface area contributed by atoms with Crippen molar-refractivity contribution in [2.45, 2.75) is 6.92 Å². The maximum atomic E-state index is 11.2. The van der Waals surface area contributed by atoms with Crippen LogP contribution in [0.15, 0.2) is 28.7 Å². The summed E-state index contributed by atoms with van der Waals surface area (Å²) in [4.78, 5) is 15.3. The van der Waals surface area contributed by atoms with Crippen LogP contribution in [0.3, 0.4) is 0 Å². The zero-order valence-corrected chi connectivity index (χ0v) is 10.7. The quantitative estimate of drug-likeness (QED) is 0.888. The van der Waals surface area contributed by atoms with Gasteiger partial charge in [0.15, 0.2) is 0 Å². The lowest BCUT2D eigenvalue weighted by Gasteiger charge is -1.99. The molecule has 1 aromatic carbocycles. The van der Waals surface area contributed by atoms with E-state index in [2.05, 4.69) is 4.98 Å². The summed E-state index contributed by atoms with van der Waals surface area (Å²) in [5.74, 6) is 0.350. The number of ether oxygens (including phenoxy) is 2. The molecule has 2 N–H and O–H groups in total. The van der Waals surface area contributed by atoms with Crippen molar-refractivity contribution in [2.75, 3.05) is 13.7 Å². The molecule has 0 saturated carbocycles. The molecule has 100 valence electrons. The Kier molecular flexibility index (Phi) is 3.70. The first kappa shape index (κ1) is 12.9. The Bertz CT molecular complexity index is 575. The average molecular weight is 262 g/mol. The summed E-state index contributed by atoms with van der Waals surface area (Å²) in [6.07, 6.45) is 0. The lowest BCUT2D eigenvalue weighted by molar-refractivity contribution is 0.0989. The number of hydrogen-bond acceptors (Lipinski definition) is 5. The normalized spacial score (nSPS) is 10.2. The molecule has 0 aliphatic carbocycles. The van der Waals surface area contributed by atoms with Crippen LogP contribution in [0, 0.1) is 0 Å². The fraction of sp³-hybridized carbons (Fsp3) is 0.231. The molecule has 0 bridgehead atoms. The molecule has 1 amide bonds. The Morgan fingerprint density at radius 3 is 2.58 bits per heavy atom. The molecule has 0 saturated heterocycles. The van der Waals surface area contributed by atoms with Crippen molar-refractivity contribution in [3.8, 4) is 23.1 Å². The number of oxazole rings is 1. The third-order valence-corrected chi connectivity index (χ3v) is 2.44. The summed E-state index contributed by atoms with van der Waals surface area (Å²) in [7, 11) is 1.58. The van der Waals surface area contributed by atoms with Gasteiger partial charge in [-0.1, -0.05) is 0 Å². The van der Waals surface area contributed by atoms with E-state index in [4.69, 9.17) is 19.6 Å². The van der Waals surface area contributed by atoms with Crippen molar-refractivity contribution in [1.82, 2.24) is 4.98 Å². The highest BCUT2D eigenvalue weighted by Gasteiger charge is 2.20. The van der Waals surface area contributed by atoms with Crippen molar-refractivity contribution in [1.29, 1.82) is 0 Å². The number of nitrogens with two attached hydrogens (primary N) is 1. The number of amides is 1. The molecule has 2 aromatic rings. The number of nitrogens with zero attached hydrogens (tertiary/aromatic N) is 1. The molecule has 6 heteroatoms. The van der Waals surface area contributed by atoms with E-state index in [9.17, 15) is 4.79 Å². The predicted molar refractivity (Wildman–Crippen MR) is 68.2 cm³/mol. The second-order valence-corrected chi connectivity index (χ2v) is 3.68. The molecule has 19 heavy (non-hydrogen) atoms. The van der Waals surface area contributed by atoms with E-state index in [-0.39, 0.29) is 17.5 Å². The highest BCUT2D eigenvalue weighted by molar-refractivity contribution is 5.93. The number of benzene rings is 1. The van der Waals surface area contributed by atoms with Crippen LogP contribution < -0.4 is 15.2 Å². The fourth-order valence-electron chi connectivity index (χ4n) is 1.55. The number of rotatable bonds is 5. The molecule has 1 aromatic heterocycles. The average Bonchev–Trinajstić information content (AvgIpc) is 2.83. The van der Waals surface area contributed by atoms with Gasteiger partial charge in [-0.2, -0.15) is 4.98 Å². The molecule has 0 unspecified atom stereocenters. The fourth-order valence-corrected chi connectivity index (χ4v) is 1.55.